The molecule has 0 saturated heterocycles. The molecule has 0 heterocycles. The third-order valence-electron chi connectivity index (χ3n) is 4.85. The van der Waals surface area contributed by atoms with Crippen molar-refractivity contribution in [3.8, 4) is 0 Å². The number of carbonyl (C=O) groups excluding carboxylic acids is 2. The summed E-state index contributed by atoms with van der Waals surface area (Å²) in [6.07, 6.45) is 3.16. The van der Waals surface area contributed by atoms with Crippen LogP contribution in [0.1, 0.15) is 37.5 Å². The molecule has 0 aliphatic rings. The molecule has 0 aromatic heterocycles. The fourth-order valence-corrected chi connectivity index (χ4v) is 2.73. The second-order valence-electron chi connectivity index (χ2n) is 7.47. The highest BCUT2D eigenvalue weighted by molar-refractivity contribution is 5.95. The molecular weight excluding hydrogens is 362 g/mol. The van der Waals surface area contributed by atoms with Crippen molar-refractivity contribution >= 4 is 17.9 Å². The molecule has 0 spiro atoms. The monoisotopic (exact) mass is 393 g/mol. The van der Waals surface area contributed by atoms with Crippen LogP contribution in [-0.4, -0.2) is 35.8 Å². The van der Waals surface area contributed by atoms with Crippen molar-refractivity contribution < 1.29 is 9.59 Å². The summed E-state index contributed by atoms with van der Waals surface area (Å²) in [6.45, 7) is 7.24. The van der Waals surface area contributed by atoms with Gasteiger partial charge in [0.25, 0.3) is 0 Å². The number of rotatable bonds is 9. The minimum absolute atomic E-state index is 0.210. The molecule has 2 amide bonds. The SMILES string of the molecule is CC(NC(=O)/C=C/c1ccccc1)C(=O)NCc1ccccc1CN(C)C(C)C. The van der Waals surface area contributed by atoms with Gasteiger partial charge in [-0.15, -0.1) is 0 Å². The van der Waals surface area contributed by atoms with Crippen LogP contribution in [0.3, 0.4) is 0 Å². The topological polar surface area (TPSA) is 61.4 Å². The molecule has 0 fully saturated rings. The van der Waals surface area contributed by atoms with E-state index in [4.69, 9.17) is 0 Å². The predicted octanol–water partition coefficient (Wildman–Crippen LogP) is 3.36. The maximum Gasteiger partial charge on any atom is 0.244 e. The third-order valence-corrected chi connectivity index (χ3v) is 4.85. The zero-order valence-corrected chi connectivity index (χ0v) is 17.7. The van der Waals surface area contributed by atoms with Gasteiger partial charge in [0.2, 0.25) is 11.8 Å². The van der Waals surface area contributed by atoms with Crippen LogP contribution < -0.4 is 10.6 Å². The first-order valence-electron chi connectivity index (χ1n) is 9.95. The third kappa shape index (κ3) is 7.54. The molecule has 0 aliphatic heterocycles. The second-order valence-corrected chi connectivity index (χ2v) is 7.47. The molecule has 2 aromatic rings. The molecular formula is C24H31N3O2. The van der Waals surface area contributed by atoms with Gasteiger partial charge in [0, 0.05) is 25.2 Å². The normalized spacial score (nSPS) is 12.3. The lowest BCUT2D eigenvalue weighted by Crippen LogP contribution is -2.44. The quantitative estimate of drug-likeness (QED) is 0.642. The van der Waals surface area contributed by atoms with E-state index in [1.54, 1.807) is 13.0 Å². The van der Waals surface area contributed by atoms with E-state index in [-0.39, 0.29) is 11.8 Å². The Labute approximate surface area is 173 Å². The van der Waals surface area contributed by atoms with Crippen molar-refractivity contribution in [3.63, 3.8) is 0 Å². The van der Waals surface area contributed by atoms with Gasteiger partial charge >= 0.3 is 0 Å². The van der Waals surface area contributed by atoms with Gasteiger partial charge in [0.15, 0.2) is 0 Å². The molecule has 5 heteroatoms. The molecule has 2 N–H and O–H groups in total. The molecule has 154 valence electrons. The maximum absolute atomic E-state index is 12.4. The van der Waals surface area contributed by atoms with E-state index < -0.39 is 6.04 Å². The van der Waals surface area contributed by atoms with E-state index >= 15 is 0 Å². The Bertz CT molecular complexity index is 831. The van der Waals surface area contributed by atoms with Crippen LogP contribution in [0.4, 0.5) is 0 Å². The van der Waals surface area contributed by atoms with Crippen molar-refractivity contribution in [1.29, 1.82) is 0 Å². The molecule has 0 saturated carbocycles. The van der Waals surface area contributed by atoms with Crippen LogP contribution in [-0.2, 0) is 22.7 Å². The van der Waals surface area contributed by atoms with Crippen molar-refractivity contribution in [2.75, 3.05) is 7.05 Å². The Morgan fingerprint density at radius 1 is 0.966 bits per heavy atom. The zero-order valence-electron chi connectivity index (χ0n) is 17.7. The minimum Gasteiger partial charge on any atom is -0.350 e. The molecule has 0 radical (unpaired) electrons. The average molecular weight is 394 g/mol. The van der Waals surface area contributed by atoms with Gasteiger partial charge in [-0.2, -0.15) is 0 Å². The molecule has 5 nitrogen and oxygen atoms in total. The number of amides is 2. The van der Waals surface area contributed by atoms with Gasteiger partial charge in [-0.1, -0.05) is 54.6 Å². The fraction of sp³-hybridized carbons (Fsp3) is 0.333. The van der Waals surface area contributed by atoms with Crippen molar-refractivity contribution in [2.24, 2.45) is 0 Å². The number of nitrogens with one attached hydrogen (secondary N) is 2. The summed E-state index contributed by atoms with van der Waals surface area (Å²) in [5, 5.41) is 5.63. The summed E-state index contributed by atoms with van der Waals surface area (Å²) in [6, 6.07) is 17.5. The van der Waals surface area contributed by atoms with Crippen LogP contribution in [0.25, 0.3) is 6.08 Å². The van der Waals surface area contributed by atoms with Crippen LogP contribution >= 0.6 is 0 Å². The molecule has 0 bridgehead atoms. The lowest BCUT2D eigenvalue weighted by atomic mass is 10.1. The standard InChI is InChI=1S/C24H31N3O2/c1-18(2)27(4)17-22-13-9-8-12-21(22)16-25-24(29)19(3)26-23(28)15-14-20-10-6-5-7-11-20/h5-15,18-19H,16-17H2,1-4H3,(H,25,29)(H,26,28)/b15-14+. The van der Waals surface area contributed by atoms with E-state index in [2.05, 4.69) is 42.5 Å². The number of hydrogen-bond acceptors (Lipinski definition) is 3. The molecule has 1 atom stereocenters. The highest BCUT2D eigenvalue weighted by Gasteiger charge is 2.15. The Morgan fingerprint density at radius 2 is 1.59 bits per heavy atom. The first kappa shape index (κ1) is 22.4. The summed E-state index contributed by atoms with van der Waals surface area (Å²) in [5.41, 5.74) is 3.20. The van der Waals surface area contributed by atoms with Gasteiger partial charge in [-0.05, 0) is 50.6 Å². The van der Waals surface area contributed by atoms with Crippen LogP contribution in [0.15, 0.2) is 60.7 Å². The number of nitrogens with zero attached hydrogens (tertiary/aromatic N) is 1. The van der Waals surface area contributed by atoms with Crippen molar-refractivity contribution in [2.45, 2.75) is 45.9 Å². The fourth-order valence-electron chi connectivity index (χ4n) is 2.73. The highest BCUT2D eigenvalue weighted by atomic mass is 16.2. The molecule has 0 aliphatic carbocycles. The summed E-state index contributed by atoms with van der Waals surface area (Å²) < 4.78 is 0. The molecule has 1 unspecified atom stereocenters. The molecule has 2 aromatic carbocycles. The Balaban J connectivity index is 1.87. The van der Waals surface area contributed by atoms with Gasteiger partial charge in [-0.3, -0.25) is 14.5 Å². The smallest absolute Gasteiger partial charge is 0.244 e. The first-order chi connectivity index (χ1) is 13.9. The van der Waals surface area contributed by atoms with E-state index in [1.807, 2.05) is 48.5 Å². The van der Waals surface area contributed by atoms with Crippen LogP contribution in [0, 0.1) is 0 Å². The van der Waals surface area contributed by atoms with Gasteiger partial charge in [0.1, 0.15) is 6.04 Å². The Morgan fingerprint density at radius 3 is 2.24 bits per heavy atom. The predicted molar refractivity (Wildman–Crippen MR) is 118 cm³/mol. The van der Waals surface area contributed by atoms with Crippen molar-refractivity contribution in [3.05, 3.63) is 77.4 Å². The Hall–Kier alpha value is -2.92. The summed E-state index contributed by atoms with van der Waals surface area (Å²) in [4.78, 5) is 26.7. The lowest BCUT2D eigenvalue weighted by molar-refractivity contribution is -0.126. The first-order valence-corrected chi connectivity index (χ1v) is 9.95. The van der Waals surface area contributed by atoms with Gasteiger partial charge in [-0.25, -0.2) is 0 Å². The number of hydrogen-bond donors (Lipinski definition) is 2. The lowest BCUT2D eigenvalue weighted by Gasteiger charge is -2.23. The second kappa shape index (κ2) is 11.2. The molecule has 29 heavy (non-hydrogen) atoms. The van der Waals surface area contributed by atoms with E-state index in [0.717, 1.165) is 17.7 Å². The number of carbonyl (C=O) groups is 2. The summed E-state index contributed by atoms with van der Waals surface area (Å²) >= 11 is 0. The maximum atomic E-state index is 12.4. The van der Waals surface area contributed by atoms with Crippen molar-refractivity contribution in [1.82, 2.24) is 15.5 Å². The average Bonchev–Trinajstić information content (AvgIpc) is 2.72. The highest BCUT2D eigenvalue weighted by Crippen LogP contribution is 2.12. The van der Waals surface area contributed by atoms with E-state index in [1.165, 1.54) is 11.6 Å². The largest absolute Gasteiger partial charge is 0.350 e. The van der Waals surface area contributed by atoms with Gasteiger partial charge in [0.05, 0.1) is 0 Å². The van der Waals surface area contributed by atoms with E-state index in [9.17, 15) is 9.59 Å². The number of benzene rings is 2. The minimum atomic E-state index is -0.617. The summed E-state index contributed by atoms with van der Waals surface area (Å²) in [5.74, 6) is -0.506. The molecule has 2 rings (SSSR count). The van der Waals surface area contributed by atoms with Crippen LogP contribution in [0.2, 0.25) is 0 Å². The zero-order chi connectivity index (χ0) is 21.2. The van der Waals surface area contributed by atoms with Crippen LogP contribution in [0.5, 0.6) is 0 Å². The van der Waals surface area contributed by atoms with E-state index in [0.29, 0.717) is 12.6 Å². The Kier molecular flexibility index (Phi) is 8.62. The summed E-state index contributed by atoms with van der Waals surface area (Å²) in [7, 11) is 2.08. The van der Waals surface area contributed by atoms with Gasteiger partial charge < -0.3 is 10.6 Å².